The first kappa shape index (κ1) is 22.5. The topological polar surface area (TPSA) is 119 Å². The molecule has 2 aliphatic rings. The van der Waals surface area contributed by atoms with Gasteiger partial charge < -0.3 is 24.4 Å². The number of hydrogen-bond acceptors (Lipinski definition) is 7. The van der Waals surface area contributed by atoms with Gasteiger partial charge >= 0.3 is 0 Å². The van der Waals surface area contributed by atoms with Gasteiger partial charge in [-0.1, -0.05) is 11.6 Å². The second kappa shape index (κ2) is 10.3. The van der Waals surface area contributed by atoms with Gasteiger partial charge in [0.25, 0.3) is 5.91 Å². The Morgan fingerprint density at radius 2 is 2.03 bits per heavy atom. The lowest BCUT2D eigenvalue weighted by molar-refractivity contribution is -0.176. The van der Waals surface area contributed by atoms with Crippen molar-refractivity contribution in [2.24, 2.45) is 5.92 Å². The van der Waals surface area contributed by atoms with E-state index in [0.717, 1.165) is 6.42 Å². The molecular weight excluding hydrogens is 438 g/mol. The predicted molar refractivity (Wildman–Crippen MR) is 115 cm³/mol. The summed E-state index contributed by atoms with van der Waals surface area (Å²) >= 11 is 6.23. The molecule has 172 valence electrons. The van der Waals surface area contributed by atoms with E-state index in [1.807, 2.05) is 0 Å². The van der Waals surface area contributed by atoms with Gasteiger partial charge in [0.15, 0.2) is 12.0 Å². The highest BCUT2D eigenvalue weighted by molar-refractivity contribution is 6.33. The Morgan fingerprint density at radius 1 is 1.28 bits per heavy atom. The van der Waals surface area contributed by atoms with E-state index in [1.165, 1.54) is 13.3 Å². The number of halogens is 1. The zero-order chi connectivity index (χ0) is 22.5. The Kier molecular flexibility index (Phi) is 7.23. The summed E-state index contributed by atoms with van der Waals surface area (Å²) < 4.78 is 16.0. The van der Waals surface area contributed by atoms with Gasteiger partial charge in [-0.05, 0) is 25.3 Å². The van der Waals surface area contributed by atoms with Gasteiger partial charge in [0.1, 0.15) is 0 Å². The van der Waals surface area contributed by atoms with Crippen LogP contribution in [0, 0.1) is 5.92 Å². The maximum atomic E-state index is 12.9. The Morgan fingerprint density at radius 3 is 2.75 bits per heavy atom. The molecule has 0 bridgehead atoms. The molecule has 0 radical (unpaired) electrons. The molecule has 2 aromatic heterocycles. The first-order valence-corrected chi connectivity index (χ1v) is 11.0. The van der Waals surface area contributed by atoms with Gasteiger partial charge in [-0.2, -0.15) is 5.10 Å². The van der Waals surface area contributed by atoms with Crippen molar-refractivity contribution in [2.45, 2.75) is 25.6 Å². The lowest BCUT2D eigenvalue weighted by Gasteiger charge is -2.31. The number of H-pyrrole nitrogens is 1. The third-order valence-electron chi connectivity index (χ3n) is 5.62. The molecule has 2 aliphatic heterocycles. The zero-order valence-electron chi connectivity index (χ0n) is 17.8. The molecule has 32 heavy (non-hydrogen) atoms. The SMILES string of the molecule is COc1cc(-c2cc(C(=O)N3CCC(C(=O)NCC4OCCCO4)CC3)n[nH]2)c(Cl)cn1. The quantitative estimate of drug-likeness (QED) is 0.671. The van der Waals surface area contributed by atoms with Crippen molar-refractivity contribution in [3.05, 3.63) is 29.0 Å². The van der Waals surface area contributed by atoms with Crippen LogP contribution in [0.25, 0.3) is 11.3 Å². The Labute approximate surface area is 190 Å². The molecule has 0 aromatic carbocycles. The molecule has 2 fully saturated rings. The molecule has 0 aliphatic carbocycles. The van der Waals surface area contributed by atoms with Crippen LogP contribution < -0.4 is 10.1 Å². The fourth-order valence-corrected chi connectivity index (χ4v) is 4.00. The van der Waals surface area contributed by atoms with Gasteiger partial charge in [-0.25, -0.2) is 4.98 Å². The van der Waals surface area contributed by atoms with Crippen molar-refractivity contribution in [3.63, 3.8) is 0 Å². The minimum absolute atomic E-state index is 0.0294. The van der Waals surface area contributed by atoms with Crippen LogP contribution in [-0.4, -0.2) is 78.1 Å². The minimum atomic E-state index is -0.378. The fraction of sp³-hybridized carbons (Fsp3) is 0.524. The molecule has 2 saturated heterocycles. The van der Waals surface area contributed by atoms with Gasteiger partial charge in [0, 0.05) is 30.6 Å². The number of nitrogens with zero attached hydrogens (tertiary/aromatic N) is 3. The van der Waals surface area contributed by atoms with E-state index < -0.39 is 0 Å². The monoisotopic (exact) mass is 463 g/mol. The second-order valence-electron chi connectivity index (χ2n) is 7.71. The Bertz CT molecular complexity index is 954. The Hall–Kier alpha value is -2.69. The number of hydrogen-bond donors (Lipinski definition) is 2. The molecule has 2 amide bonds. The number of piperidine rings is 1. The van der Waals surface area contributed by atoms with E-state index in [4.69, 9.17) is 25.8 Å². The van der Waals surface area contributed by atoms with Crippen LogP contribution in [0.15, 0.2) is 18.3 Å². The van der Waals surface area contributed by atoms with Crippen LogP contribution in [-0.2, 0) is 14.3 Å². The van der Waals surface area contributed by atoms with Gasteiger partial charge in [-0.3, -0.25) is 14.7 Å². The second-order valence-corrected chi connectivity index (χ2v) is 8.12. The highest BCUT2D eigenvalue weighted by atomic mass is 35.5. The number of carbonyl (C=O) groups is 2. The molecule has 11 heteroatoms. The number of likely N-dealkylation sites (tertiary alicyclic amines) is 1. The van der Waals surface area contributed by atoms with E-state index in [-0.39, 0.29) is 24.0 Å². The summed E-state index contributed by atoms with van der Waals surface area (Å²) in [4.78, 5) is 31.1. The molecule has 0 saturated carbocycles. The highest BCUT2D eigenvalue weighted by Crippen LogP contribution is 2.29. The van der Waals surface area contributed by atoms with Crippen molar-refractivity contribution >= 4 is 23.4 Å². The highest BCUT2D eigenvalue weighted by Gasteiger charge is 2.29. The molecular formula is C21H26ClN5O5. The number of pyridine rings is 1. The largest absolute Gasteiger partial charge is 0.481 e. The minimum Gasteiger partial charge on any atom is -0.481 e. The lowest BCUT2D eigenvalue weighted by atomic mass is 9.95. The summed E-state index contributed by atoms with van der Waals surface area (Å²) in [5.74, 6) is 0.0556. The van der Waals surface area contributed by atoms with Gasteiger partial charge in [0.05, 0.1) is 43.8 Å². The molecule has 2 N–H and O–H groups in total. The van der Waals surface area contributed by atoms with Crippen LogP contribution in [0.1, 0.15) is 29.8 Å². The van der Waals surface area contributed by atoms with Crippen molar-refractivity contribution in [3.8, 4) is 17.1 Å². The van der Waals surface area contributed by atoms with Crippen LogP contribution in [0.2, 0.25) is 5.02 Å². The summed E-state index contributed by atoms with van der Waals surface area (Å²) in [7, 11) is 1.52. The van der Waals surface area contributed by atoms with Crippen molar-refractivity contribution in [2.75, 3.05) is 40.0 Å². The number of aromatic amines is 1. The smallest absolute Gasteiger partial charge is 0.274 e. The summed E-state index contributed by atoms with van der Waals surface area (Å²) in [6.45, 7) is 2.61. The summed E-state index contributed by atoms with van der Waals surface area (Å²) in [5.41, 5.74) is 1.54. The first-order valence-electron chi connectivity index (χ1n) is 10.6. The van der Waals surface area contributed by atoms with Crippen LogP contribution in [0.5, 0.6) is 5.88 Å². The lowest BCUT2D eigenvalue weighted by Crippen LogP contribution is -2.45. The maximum Gasteiger partial charge on any atom is 0.274 e. The molecule has 0 spiro atoms. The van der Waals surface area contributed by atoms with E-state index in [9.17, 15) is 9.59 Å². The number of aromatic nitrogens is 3. The van der Waals surface area contributed by atoms with Crippen LogP contribution >= 0.6 is 11.6 Å². The number of ether oxygens (including phenoxy) is 3. The summed E-state index contributed by atoms with van der Waals surface area (Å²) in [5, 5.41) is 10.3. The Balaban J connectivity index is 1.30. The third-order valence-corrected chi connectivity index (χ3v) is 5.92. The molecule has 0 unspecified atom stereocenters. The van der Waals surface area contributed by atoms with Gasteiger partial charge in [-0.15, -0.1) is 0 Å². The average Bonchev–Trinajstić information content (AvgIpc) is 3.33. The number of rotatable bonds is 6. The van der Waals surface area contributed by atoms with Crippen LogP contribution in [0.4, 0.5) is 0 Å². The average molecular weight is 464 g/mol. The van der Waals surface area contributed by atoms with E-state index >= 15 is 0 Å². The van der Waals surface area contributed by atoms with Gasteiger partial charge in [0.2, 0.25) is 11.8 Å². The molecule has 4 heterocycles. The molecule has 10 nitrogen and oxygen atoms in total. The summed E-state index contributed by atoms with van der Waals surface area (Å²) in [6.07, 6.45) is 3.17. The number of amides is 2. The predicted octanol–water partition coefficient (Wildman–Crippen LogP) is 1.87. The van der Waals surface area contributed by atoms with Crippen molar-refractivity contribution < 1.29 is 23.8 Å². The van der Waals surface area contributed by atoms with Crippen molar-refractivity contribution in [1.82, 2.24) is 25.4 Å². The molecule has 0 atom stereocenters. The molecule has 2 aromatic rings. The number of carbonyl (C=O) groups excluding carboxylic acids is 2. The zero-order valence-corrected chi connectivity index (χ0v) is 18.6. The number of methoxy groups -OCH3 is 1. The van der Waals surface area contributed by atoms with E-state index in [1.54, 1.807) is 17.0 Å². The summed E-state index contributed by atoms with van der Waals surface area (Å²) in [6, 6.07) is 3.34. The first-order chi connectivity index (χ1) is 15.5. The molecule has 4 rings (SSSR count). The normalized spacial score (nSPS) is 17.9. The standard InChI is InChI=1S/C21H26ClN5O5/c1-30-18-9-14(15(22)11-23-18)16-10-17(26-25-16)21(29)27-5-3-13(4-6-27)20(28)24-12-19-31-7-2-8-32-19/h9-11,13,19H,2-8,12H2,1H3,(H,24,28)(H,25,26). The van der Waals surface area contributed by atoms with E-state index in [2.05, 4.69) is 20.5 Å². The van der Waals surface area contributed by atoms with Crippen molar-refractivity contribution in [1.29, 1.82) is 0 Å². The van der Waals surface area contributed by atoms with Crippen LogP contribution in [0.3, 0.4) is 0 Å². The number of nitrogens with one attached hydrogen (secondary N) is 2. The van der Waals surface area contributed by atoms with E-state index in [0.29, 0.717) is 73.5 Å². The third kappa shape index (κ3) is 5.20. The fourth-order valence-electron chi connectivity index (χ4n) is 3.80. The maximum absolute atomic E-state index is 12.9.